The van der Waals surface area contributed by atoms with Crippen LogP contribution in [0.1, 0.15) is 25.3 Å². The Labute approximate surface area is 111 Å². The Kier molecular flexibility index (Phi) is 7.24. The average Bonchev–Trinajstić information content (AvgIpc) is 2.34. The molecule has 0 amide bonds. The Hall–Kier alpha value is -0.580. The third-order valence-corrected chi connectivity index (χ3v) is 2.89. The van der Waals surface area contributed by atoms with Gasteiger partial charge in [-0.3, -0.25) is 0 Å². The number of rotatable bonds is 8. The van der Waals surface area contributed by atoms with E-state index >= 15 is 0 Å². The third-order valence-electron chi connectivity index (χ3n) is 2.40. The Bertz CT molecular complexity index is 331. The molecule has 0 fully saturated rings. The molecule has 96 valence electrons. The predicted octanol–water partition coefficient (Wildman–Crippen LogP) is 2.71. The van der Waals surface area contributed by atoms with E-state index in [1.165, 1.54) is 0 Å². The number of benzene rings is 1. The lowest BCUT2D eigenvalue weighted by Gasteiger charge is -2.12. The van der Waals surface area contributed by atoms with E-state index in [2.05, 4.69) is 34.2 Å². The minimum absolute atomic E-state index is 0.230. The van der Waals surface area contributed by atoms with Gasteiger partial charge >= 0.3 is 0 Å². The van der Waals surface area contributed by atoms with E-state index in [1.807, 2.05) is 12.1 Å². The molecule has 0 aliphatic rings. The fourth-order valence-electron chi connectivity index (χ4n) is 1.48. The molecule has 4 heteroatoms. The first kappa shape index (κ1) is 14.5. The van der Waals surface area contributed by atoms with Crippen molar-refractivity contribution in [1.29, 1.82) is 0 Å². The van der Waals surface area contributed by atoms with E-state index < -0.39 is 0 Å². The molecule has 0 aliphatic carbocycles. The number of hydrogen-bond donors (Lipinski definition) is 2. The number of unbranched alkanes of at least 4 members (excludes halogenated alkanes) is 1. The summed E-state index contributed by atoms with van der Waals surface area (Å²) in [5, 5.41) is 12.0. The van der Waals surface area contributed by atoms with Gasteiger partial charge in [-0.25, -0.2) is 0 Å². The van der Waals surface area contributed by atoms with Crippen LogP contribution in [-0.4, -0.2) is 24.9 Å². The molecule has 0 atom stereocenters. The summed E-state index contributed by atoms with van der Waals surface area (Å²) in [6.07, 6.45) is 1.67. The molecule has 0 bridgehead atoms. The largest absolute Gasteiger partial charge is 0.493 e. The first-order valence-corrected chi connectivity index (χ1v) is 6.80. The van der Waals surface area contributed by atoms with Crippen molar-refractivity contribution in [3.05, 3.63) is 28.2 Å². The molecule has 1 rings (SSSR count). The first-order chi connectivity index (χ1) is 8.27. The molecule has 0 heterocycles. The molecule has 1 aromatic carbocycles. The van der Waals surface area contributed by atoms with Crippen molar-refractivity contribution >= 4 is 15.9 Å². The van der Waals surface area contributed by atoms with Crippen LogP contribution in [0.25, 0.3) is 0 Å². The highest BCUT2D eigenvalue weighted by Gasteiger charge is 2.04. The molecule has 2 N–H and O–H groups in total. The van der Waals surface area contributed by atoms with Gasteiger partial charge in [0.15, 0.2) is 0 Å². The maximum Gasteiger partial charge on any atom is 0.123 e. The van der Waals surface area contributed by atoms with Gasteiger partial charge in [-0.2, -0.15) is 0 Å². The summed E-state index contributed by atoms with van der Waals surface area (Å²) in [6, 6.07) is 6.04. The topological polar surface area (TPSA) is 41.5 Å². The lowest BCUT2D eigenvalue weighted by atomic mass is 10.2. The molecule has 17 heavy (non-hydrogen) atoms. The van der Waals surface area contributed by atoms with E-state index in [4.69, 9.17) is 9.84 Å². The summed E-state index contributed by atoms with van der Waals surface area (Å²) >= 11 is 3.46. The standard InChI is InChI=1S/C13H20BrNO2/c1-2-15-10-11-9-12(14)5-6-13(11)17-8-4-3-7-16/h5-6,9,15-16H,2-4,7-8,10H2,1H3. The minimum Gasteiger partial charge on any atom is -0.493 e. The zero-order chi connectivity index (χ0) is 12.5. The van der Waals surface area contributed by atoms with Gasteiger partial charge in [0, 0.05) is 23.2 Å². The van der Waals surface area contributed by atoms with E-state index in [-0.39, 0.29) is 6.61 Å². The lowest BCUT2D eigenvalue weighted by Crippen LogP contribution is -2.13. The van der Waals surface area contributed by atoms with Crippen LogP contribution in [-0.2, 0) is 6.54 Å². The number of nitrogens with one attached hydrogen (secondary N) is 1. The van der Waals surface area contributed by atoms with Crippen molar-refractivity contribution in [3.63, 3.8) is 0 Å². The normalized spacial score (nSPS) is 10.5. The van der Waals surface area contributed by atoms with Crippen molar-refractivity contribution in [2.45, 2.75) is 26.3 Å². The minimum atomic E-state index is 0.230. The highest BCUT2D eigenvalue weighted by molar-refractivity contribution is 9.10. The Morgan fingerprint density at radius 3 is 2.88 bits per heavy atom. The van der Waals surface area contributed by atoms with Gasteiger partial charge in [-0.1, -0.05) is 22.9 Å². The Morgan fingerprint density at radius 2 is 2.18 bits per heavy atom. The lowest BCUT2D eigenvalue weighted by molar-refractivity contribution is 0.252. The van der Waals surface area contributed by atoms with Gasteiger partial charge in [-0.05, 0) is 37.6 Å². The summed E-state index contributed by atoms with van der Waals surface area (Å²) in [5.41, 5.74) is 1.16. The Balaban J connectivity index is 2.55. The van der Waals surface area contributed by atoms with Gasteiger partial charge in [0.25, 0.3) is 0 Å². The second-order valence-corrected chi connectivity index (χ2v) is 4.73. The molecule has 0 aromatic heterocycles. The van der Waals surface area contributed by atoms with Gasteiger partial charge in [0.05, 0.1) is 6.61 Å². The number of halogens is 1. The average molecular weight is 302 g/mol. The molecule has 0 radical (unpaired) electrons. The highest BCUT2D eigenvalue weighted by Crippen LogP contribution is 2.23. The summed E-state index contributed by atoms with van der Waals surface area (Å²) in [5.74, 6) is 0.923. The maximum absolute atomic E-state index is 8.70. The second-order valence-electron chi connectivity index (χ2n) is 3.81. The Morgan fingerprint density at radius 1 is 1.35 bits per heavy atom. The van der Waals surface area contributed by atoms with Crippen molar-refractivity contribution in [2.75, 3.05) is 19.8 Å². The fourth-order valence-corrected chi connectivity index (χ4v) is 1.89. The highest BCUT2D eigenvalue weighted by atomic mass is 79.9. The van der Waals surface area contributed by atoms with Crippen LogP contribution in [0.5, 0.6) is 5.75 Å². The van der Waals surface area contributed by atoms with Crippen molar-refractivity contribution in [1.82, 2.24) is 5.32 Å². The molecule has 0 saturated heterocycles. The van der Waals surface area contributed by atoms with Gasteiger partial charge in [-0.15, -0.1) is 0 Å². The van der Waals surface area contributed by atoms with Crippen molar-refractivity contribution in [3.8, 4) is 5.75 Å². The summed E-state index contributed by atoms with van der Waals surface area (Å²) in [6.45, 7) is 4.72. The quantitative estimate of drug-likeness (QED) is 0.726. The van der Waals surface area contributed by atoms with E-state index in [0.717, 1.165) is 41.7 Å². The van der Waals surface area contributed by atoms with Crippen LogP contribution in [0.3, 0.4) is 0 Å². The van der Waals surface area contributed by atoms with E-state index in [0.29, 0.717) is 6.61 Å². The summed E-state index contributed by atoms with van der Waals surface area (Å²) in [4.78, 5) is 0. The van der Waals surface area contributed by atoms with Crippen LogP contribution in [0.4, 0.5) is 0 Å². The third kappa shape index (κ3) is 5.52. The molecule has 0 spiro atoms. The number of hydrogen-bond acceptors (Lipinski definition) is 3. The van der Waals surface area contributed by atoms with Gasteiger partial charge in [0.1, 0.15) is 5.75 Å². The van der Waals surface area contributed by atoms with Gasteiger partial charge < -0.3 is 15.2 Å². The van der Waals surface area contributed by atoms with Crippen LogP contribution < -0.4 is 10.1 Å². The number of aliphatic hydroxyl groups excluding tert-OH is 1. The van der Waals surface area contributed by atoms with Crippen LogP contribution in [0, 0.1) is 0 Å². The molecular weight excluding hydrogens is 282 g/mol. The SMILES string of the molecule is CCNCc1cc(Br)ccc1OCCCCO. The molecule has 3 nitrogen and oxygen atoms in total. The monoisotopic (exact) mass is 301 g/mol. The number of ether oxygens (including phenoxy) is 1. The molecular formula is C13H20BrNO2. The maximum atomic E-state index is 8.70. The second kappa shape index (κ2) is 8.50. The van der Waals surface area contributed by atoms with Gasteiger partial charge in [0.2, 0.25) is 0 Å². The molecule has 0 aliphatic heterocycles. The van der Waals surface area contributed by atoms with Crippen LogP contribution >= 0.6 is 15.9 Å². The zero-order valence-corrected chi connectivity index (χ0v) is 11.8. The van der Waals surface area contributed by atoms with E-state index in [9.17, 15) is 0 Å². The summed E-state index contributed by atoms with van der Waals surface area (Å²) in [7, 11) is 0. The molecule has 0 saturated carbocycles. The fraction of sp³-hybridized carbons (Fsp3) is 0.538. The van der Waals surface area contributed by atoms with E-state index in [1.54, 1.807) is 0 Å². The van der Waals surface area contributed by atoms with Crippen LogP contribution in [0.15, 0.2) is 22.7 Å². The van der Waals surface area contributed by atoms with Crippen LogP contribution in [0.2, 0.25) is 0 Å². The summed E-state index contributed by atoms with van der Waals surface area (Å²) < 4.78 is 6.78. The number of aliphatic hydroxyl groups is 1. The molecule has 0 unspecified atom stereocenters. The van der Waals surface area contributed by atoms with Crippen molar-refractivity contribution in [2.24, 2.45) is 0 Å². The predicted molar refractivity (Wildman–Crippen MR) is 73.3 cm³/mol. The smallest absolute Gasteiger partial charge is 0.123 e. The van der Waals surface area contributed by atoms with Crippen molar-refractivity contribution < 1.29 is 9.84 Å². The molecule has 1 aromatic rings. The zero-order valence-electron chi connectivity index (χ0n) is 10.2. The first-order valence-electron chi connectivity index (χ1n) is 6.00.